The van der Waals surface area contributed by atoms with Gasteiger partial charge < -0.3 is 15.1 Å². The van der Waals surface area contributed by atoms with Crippen LogP contribution in [0.25, 0.3) is 11.1 Å². The highest BCUT2D eigenvalue weighted by Crippen LogP contribution is 2.16. The van der Waals surface area contributed by atoms with Gasteiger partial charge in [-0.15, -0.1) is 0 Å². The number of oxazole rings is 1. The number of hydrogen-bond acceptors (Lipinski definition) is 4. The predicted octanol–water partition coefficient (Wildman–Crippen LogP) is 1.45. The number of aromatic nitrogens is 1. The molecular formula is C12H17N3O. The van der Waals surface area contributed by atoms with Gasteiger partial charge in [-0.1, -0.05) is 6.07 Å². The Morgan fingerprint density at radius 3 is 3.00 bits per heavy atom. The van der Waals surface area contributed by atoms with Crippen molar-refractivity contribution in [2.24, 2.45) is 0 Å². The molecule has 4 nitrogen and oxygen atoms in total. The van der Waals surface area contributed by atoms with E-state index in [9.17, 15) is 0 Å². The number of nitrogens with one attached hydrogen (secondary N) is 2. The molecule has 0 atom stereocenters. The molecule has 0 aliphatic carbocycles. The van der Waals surface area contributed by atoms with Crippen molar-refractivity contribution in [3.63, 3.8) is 0 Å². The number of rotatable bonds is 5. The van der Waals surface area contributed by atoms with E-state index in [1.807, 2.05) is 20.0 Å². The molecule has 4 heteroatoms. The van der Waals surface area contributed by atoms with E-state index in [1.54, 1.807) is 0 Å². The molecular weight excluding hydrogens is 202 g/mol. The third-order valence-corrected chi connectivity index (χ3v) is 2.44. The first-order valence-corrected chi connectivity index (χ1v) is 5.51. The van der Waals surface area contributed by atoms with Crippen LogP contribution in [0.4, 0.5) is 0 Å². The highest BCUT2D eigenvalue weighted by atomic mass is 16.3. The Kier molecular flexibility index (Phi) is 3.54. The quantitative estimate of drug-likeness (QED) is 0.747. The highest BCUT2D eigenvalue weighted by molar-refractivity contribution is 5.73. The summed E-state index contributed by atoms with van der Waals surface area (Å²) in [5.41, 5.74) is 3.03. The van der Waals surface area contributed by atoms with E-state index in [-0.39, 0.29) is 0 Å². The molecule has 2 N–H and O–H groups in total. The Bertz CT molecular complexity index is 464. The van der Waals surface area contributed by atoms with Gasteiger partial charge in [0.25, 0.3) is 0 Å². The van der Waals surface area contributed by atoms with E-state index >= 15 is 0 Å². The molecule has 0 aliphatic heterocycles. The third-order valence-electron chi connectivity index (χ3n) is 2.44. The van der Waals surface area contributed by atoms with Gasteiger partial charge in [-0.05, 0) is 24.7 Å². The van der Waals surface area contributed by atoms with E-state index in [0.717, 1.165) is 36.6 Å². The molecule has 0 aliphatic rings. The van der Waals surface area contributed by atoms with E-state index in [1.165, 1.54) is 5.56 Å². The number of likely N-dealkylation sites (N-methyl/N-ethyl adjacent to an activating group) is 1. The van der Waals surface area contributed by atoms with Crippen LogP contribution in [0.3, 0.4) is 0 Å². The van der Waals surface area contributed by atoms with Crippen molar-refractivity contribution in [1.82, 2.24) is 15.6 Å². The Morgan fingerprint density at radius 1 is 1.31 bits per heavy atom. The second-order valence-corrected chi connectivity index (χ2v) is 3.82. The van der Waals surface area contributed by atoms with Gasteiger partial charge in [0.15, 0.2) is 11.5 Å². The number of nitrogens with zero attached hydrogens (tertiary/aromatic N) is 1. The normalized spacial score (nSPS) is 11.1. The average Bonchev–Trinajstić information content (AvgIpc) is 2.64. The fraction of sp³-hybridized carbons (Fsp3) is 0.417. The van der Waals surface area contributed by atoms with Crippen LogP contribution in [0.2, 0.25) is 0 Å². The zero-order valence-corrected chi connectivity index (χ0v) is 9.71. The van der Waals surface area contributed by atoms with E-state index < -0.39 is 0 Å². The summed E-state index contributed by atoms with van der Waals surface area (Å²) >= 11 is 0. The lowest BCUT2D eigenvalue weighted by Gasteiger charge is -2.03. The van der Waals surface area contributed by atoms with Crippen LogP contribution in [0, 0.1) is 6.92 Å². The summed E-state index contributed by atoms with van der Waals surface area (Å²) in [7, 11) is 1.95. The van der Waals surface area contributed by atoms with Crippen molar-refractivity contribution in [2.45, 2.75) is 13.5 Å². The van der Waals surface area contributed by atoms with Gasteiger partial charge in [0.2, 0.25) is 0 Å². The summed E-state index contributed by atoms with van der Waals surface area (Å²) in [6.07, 6.45) is 0. The summed E-state index contributed by atoms with van der Waals surface area (Å²) in [5, 5.41) is 6.45. The monoisotopic (exact) mass is 219 g/mol. The summed E-state index contributed by atoms with van der Waals surface area (Å²) < 4.78 is 5.42. The molecule has 0 bridgehead atoms. The SMILES string of the molecule is CNCCNCc1ccc2oc(C)nc2c1. The molecule has 0 fully saturated rings. The zero-order chi connectivity index (χ0) is 11.4. The highest BCUT2D eigenvalue weighted by Gasteiger charge is 2.02. The van der Waals surface area contributed by atoms with Gasteiger partial charge in [-0.25, -0.2) is 4.98 Å². The van der Waals surface area contributed by atoms with Crippen molar-refractivity contribution in [3.8, 4) is 0 Å². The first-order valence-electron chi connectivity index (χ1n) is 5.51. The molecule has 1 heterocycles. The maximum Gasteiger partial charge on any atom is 0.192 e. The van der Waals surface area contributed by atoms with Crippen LogP contribution in [-0.4, -0.2) is 25.1 Å². The smallest absolute Gasteiger partial charge is 0.192 e. The average molecular weight is 219 g/mol. The van der Waals surface area contributed by atoms with Crippen LogP contribution in [0.1, 0.15) is 11.5 Å². The third kappa shape index (κ3) is 2.59. The second-order valence-electron chi connectivity index (χ2n) is 3.82. The molecule has 0 amide bonds. The van der Waals surface area contributed by atoms with Crippen LogP contribution in [-0.2, 0) is 6.54 Å². The van der Waals surface area contributed by atoms with Crippen molar-refractivity contribution < 1.29 is 4.42 Å². The van der Waals surface area contributed by atoms with Crippen molar-refractivity contribution in [1.29, 1.82) is 0 Å². The van der Waals surface area contributed by atoms with Crippen LogP contribution in [0.5, 0.6) is 0 Å². The predicted molar refractivity (Wildman–Crippen MR) is 64.4 cm³/mol. The lowest BCUT2D eigenvalue weighted by atomic mass is 10.2. The molecule has 0 unspecified atom stereocenters. The Hall–Kier alpha value is -1.39. The van der Waals surface area contributed by atoms with E-state index in [2.05, 4.69) is 27.8 Å². The van der Waals surface area contributed by atoms with Gasteiger partial charge in [-0.2, -0.15) is 0 Å². The lowest BCUT2D eigenvalue weighted by Crippen LogP contribution is -2.24. The largest absolute Gasteiger partial charge is 0.441 e. The summed E-state index contributed by atoms with van der Waals surface area (Å²) in [6, 6.07) is 6.11. The molecule has 2 aromatic rings. The molecule has 16 heavy (non-hydrogen) atoms. The lowest BCUT2D eigenvalue weighted by molar-refractivity contribution is 0.561. The van der Waals surface area contributed by atoms with E-state index in [0.29, 0.717) is 0 Å². The van der Waals surface area contributed by atoms with Crippen molar-refractivity contribution in [2.75, 3.05) is 20.1 Å². The fourth-order valence-electron chi connectivity index (χ4n) is 1.64. The number of benzene rings is 1. The van der Waals surface area contributed by atoms with Gasteiger partial charge in [-0.3, -0.25) is 0 Å². The molecule has 0 saturated heterocycles. The fourth-order valence-corrected chi connectivity index (χ4v) is 1.64. The standard InChI is InChI=1S/C12H17N3O/c1-9-15-11-7-10(3-4-12(11)16-9)8-14-6-5-13-2/h3-4,7,13-14H,5-6,8H2,1-2H3. The molecule has 86 valence electrons. The molecule has 0 radical (unpaired) electrons. The van der Waals surface area contributed by atoms with Gasteiger partial charge in [0, 0.05) is 26.6 Å². The summed E-state index contributed by atoms with van der Waals surface area (Å²) in [4.78, 5) is 4.31. The Labute approximate surface area is 95.1 Å². The minimum absolute atomic E-state index is 0.718. The minimum atomic E-state index is 0.718. The number of aryl methyl sites for hydroxylation is 1. The first kappa shape index (κ1) is 11.1. The maximum absolute atomic E-state index is 5.42. The van der Waals surface area contributed by atoms with Gasteiger partial charge in [0.1, 0.15) is 5.52 Å². The zero-order valence-electron chi connectivity index (χ0n) is 9.71. The van der Waals surface area contributed by atoms with Gasteiger partial charge in [0.05, 0.1) is 0 Å². The molecule has 1 aromatic carbocycles. The van der Waals surface area contributed by atoms with E-state index in [4.69, 9.17) is 4.42 Å². The molecule has 1 aromatic heterocycles. The van der Waals surface area contributed by atoms with Crippen molar-refractivity contribution >= 4 is 11.1 Å². The van der Waals surface area contributed by atoms with Crippen LogP contribution < -0.4 is 10.6 Å². The molecule has 0 spiro atoms. The second kappa shape index (κ2) is 5.09. The summed E-state index contributed by atoms with van der Waals surface area (Å²) in [5.74, 6) is 0.718. The topological polar surface area (TPSA) is 50.1 Å². The number of fused-ring (bicyclic) bond motifs is 1. The summed E-state index contributed by atoms with van der Waals surface area (Å²) in [6.45, 7) is 4.67. The Morgan fingerprint density at radius 2 is 2.19 bits per heavy atom. The van der Waals surface area contributed by atoms with Gasteiger partial charge >= 0.3 is 0 Å². The van der Waals surface area contributed by atoms with Crippen LogP contribution >= 0.6 is 0 Å². The maximum atomic E-state index is 5.42. The number of hydrogen-bond donors (Lipinski definition) is 2. The minimum Gasteiger partial charge on any atom is -0.441 e. The van der Waals surface area contributed by atoms with Crippen LogP contribution in [0.15, 0.2) is 22.6 Å². The molecule has 0 saturated carbocycles. The van der Waals surface area contributed by atoms with Crippen molar-refractivity contribution in [3.05, 3.63) is 29.7 Å². The first-order chi connectivity index (χ1) is 7.79. The Balaban J connectivity index is 2.02. The molecule has 2 rings (SSSR count).